The maximum Gasteiger partial charge on any atom is 0.417 e. The van der Waals surface area contributed by atoms with Crippen molar-refractivity contribution in [3.63, 3.8) is 0 Å². The van der Waals surface area contributed by atoms with Gasteiger partial charge in [-0.1, -0.05) is 23.7 Å². The number of hydrogen-bond acceptors (Lipinski definition) is 2. The summed E-state index contributed by atoms with van der Waals surface area (Å²) in [6.07, 6.45) is -4.65. The number of quaternary nitrogens is 1. The summed E-state index contributed by atoms with van der Waals surface area (Å²) in [7, 11) is -3.81. The quantitative estimate of drug-likeness (QED) is 0.922. The highest BCUT2D eigenvalue weighted by atomic mass is 35.5. The van der Waals surface area contributed by atoms with Crippen molar-refractivity contribution >= 4 is 27.3 Å². The van der Waals surface area contributed by atoms with Crippen LogP contribution >= 0.6 is 11.6 Å². The molecule has 0 spiro atoms. The van der Waals surface area contributed by atoms with Crippen molar-refractivity contribution in [2.24, 2.45) is 0 Å². The normalized spacial score (nSPS) is 12.5. The molecule has 0 heterocycles. The lowest BCUT2D eigenvalue weighted by molar-refractivity contribution is -0.360. The number of sulfonamides is 1. The number of rotatable bonds is 4. The van der Waals surface area contributed by atoms with E-state index in [1.54, 1.807) is 0 Å². The Morgan fingerprint density at radius 3 is 2.44 bits per heavy atom. The monoisotopic (exact) mass is 302 g/mol. The first-order valence-corrected chi connectivity index (χ1v) is 6.76. The fraction of sp³-hybridized carbons (Fsp3) is 0.333. The van der Waals surface area contributed by atoms with Crippen LogP contribution in [0.4, 0.5) is 18.9 Å². The summed E-state index contributed by atoms with van der Waals surface area (Å²) < 4.78 is 63.5. The van der Waals surface area contributed by atoms with E-state index in [0.29, 0.717) is 6.07 Å². The van der Waals surface area contributed by atoms with Gasteiger partial charge in [0.05, 0.1) is 32.9 Å². The molecule has 0 aliphatic rings. The van der Waals surface area contributed by atoms with Gasteiger partial charge in [-0.15, -0.1) is 5.69 Å². The number of benzene rings is 1. The molecule has 9 heteroatoms. The minimum absolute atomic E-state index is 0.0888. The van der Waals surface area contributed by atoms with Gasteiger partial charge in [0.1, 0.15) is 0 Å². The average molecular weight is 303 g/mol. The summed E-state index contributed by atoms with van der Waals surface area (Å²) >= 11 is 5.39. The van der Waals surface area contributed by atoms with Gasteiger partial charge in [0, 0.05) is 0 Å². The summed E-state index contributed by atoms with van der Waals surface area (Å²) in [5.41, 5.74) is 1.92. The molecule has 18 heavy (non-hydrogen) atoms. The molecule has 0 saturated carbocycles. The highest BCUT2D eigenvalue weighted by molar-refractivity contribution is 7.94. The fourth-order valence-corrected chi connectivity index (χ4v) is 2.29. The number of alkyl halides is 3. The third-order valence-electron chi connectivity index (χ3n) is 1.90. The second kappa shape index (κ2) is 5.33. The summed E-state index contributed by atoms with van der Waals surface area (Å²) in [6.45, 7) is 0.0888. The van der Waals surface area contributed by atoms with Crippen LogP contribution in [0.25, 0.3) is 4.72 Å². The van der Waals surface area contributed by atoms with Gasteiger partial charge in [-0.3, -0.25) is 0 Å². The molecule has 0 atom stereocenters. The molecule has 3 N–H and O–H groups in total. The summed E-state index contributed by atoms with van der Waals surface area (Å²) in [6, 6.07) is 2.67. The molecular weight excluding hydrogens is 293 g/mol. The predicted octanol–water partition coefficient (Wildman–Crippen LogP) is 1.94. The van der Waals surface area contributed by atoms with Crippen LogP contribution < -0.4 is 5.73 Å². The van der Waals surface area contributed by atoms with E-state index in [0.717, 1.165) is 12.1 Å². The molecule has 0 aliphatic heterocycles. The van der Waals surface area contributed by atoms with Crippen LogP contribution in [-0.2, 0) is 16.2 Å². The Kier molecular flexibility index (Phi) is 4.46. The SMILES string of the molecule is [NH3+]CCS(=O)(=O)[N-]c1ccc(Cl)c(C(F)(F)F)c1. The first-order chi connectivity index (χ1) is 8.15. The Balaban J connectivity index is 3.07. The Labute approximate surface area is 107 Å². The minimum atomic E-state index is -4.65. The van der Waals surface area contributed by atoms with Gasteiger partial charge in [-0.05, 0) is 6.07 Å². The molecule has 0 radical (unpaired) electrons. The zero-order chi connectivity index (χ0) is 14.0. The topological polar surface area (TPSA) is 75.9 Å². The molecule has 0 amide bonds. The molecule has 0 saturated heterocycles. The highest BCUT2D eigenvalue weighted by Crippen LogP contribution is 2.38. The Bertz CT molecular complexity index is 531. The standard InChI is InChI=1S/C9H9ClF3N2O2S/c10-8-2-1-6(5-7(8)9(11,12)13)15-18(16,17)4-3-14/h1-2,5H,3-4,14H2/q-1/p+1. The molecule has 0 fully saturated rings. The molecular formula is C9H10ClF3N2O2S. The molecule has 1 rings (SSSR count). The second-order valence-corrected chi connectivity index (χ2v) is 5.55. The zero-order valence-corrected chi connectivity index (χ0v) is 10.6. The van der Waals surface area contributed by atoms with E-state index in [4.69, 9.17) is 11.6 Å². The minimum Gasteiger partial charge on any atom is -0.577 e. The van der Waals surface area contributed by atoms with Gasteiger partial charge in [0.15, 0.2) is 0 Å². The second-order valence-electron chi connectivity index (χ2n) is 3.39. The van der Waals surface area contributed by atoms with Gasteiger partial charge in [-0.2, -0.15) is 13.2 Å². The lowest BCUT2D eigenvalue weighted by atomic mass is 10.2. The maximum absolute atomic E-state index is 12.5. The van der Waals surface area contributed by atoms with Crippen LogP contribution in [0.1, 0.15) is 5.56 Å². The lowest BCUT2D eigenvalue weighted by Gasteiger charge is -2.22. The van der Waals surface area contributed by atoms with E-state index >= 15 is 0 Å². The largest absolute Gasteiger partial charge is 0.577 e. The van der Waals surface area contributed by atoms with Crippen molar-refractivity contribution in [2.75, 3.05) is 12.3 Å². The Hall–Kier alpha value is -0.990. The van der Waals surface area contributed by atoms with E-state index in [9.17, 15) is 21.6 Å². The van der Waals surface area contributed by atoms with Crippen molar-refractivity contribution in [1.82, 2.24) is 0 Å². The van der Waals surface area contributed by atoms with Crippen LogP contribution in [0, 0.1) is 0 Å². The van der Waals surface area contributed by atoms with Gasteiger partial charge in [-0.25, -0.2) is 8.42 Å². The molecule has 0 bridgehead atoms. The van der Waals surface area contributed by atoms with E-state index in [1.807, 2.05) is 0 Å². The van der Waals surface area contributed by atoms with E-state index in [1.165, 1.54) is 0 Å². The maximum atomic E-state index is 12.5. The molecule has 0 aliphatic carbocycles. The predicted molar refractivity (Wildman–Crippen MR) is 61.0 cm³/mol. The van der Waals surface area contributed by atoms with Crippen LogP contribution in [0.3, 0.4) is 0 Å². The first-order valence-electron chi connectivity index (χ1n) is 4.77. The van der Waals surface area contributed by atoms with Gasteiger partial charge < -0.3 is 10.5 Å². The van der Waals surface area contributed by atoms with Crippen LogP contribution in [0.5, 0.6) is 0 Å². The first kappa shape index (κ1) is 15.1. The van der Waals surface area contributed by atoms with Crippen LogP contribution in [0.15, 0.2) is 18.2 Å². The smallest absolute Gasteiger partial charge is 0.417 e. The summed E-state index contributed by atoms with van der Waals surface area (Å²) in [5, 5.41) is -0.504. The van der Waals surface area contributed by atoms with Crippen molar-refractivity contribution < 1.29 is 27.3 Å². The zero-order valence-electron chi connectivity index (χ0n) is 9.04. The molecule has 0 aromatic heterocycles. The third kappa shape index (κ3) is 4.04. The molecule has 1 aromatic carbocycles. The van der Waals surface area contributed by atoms with Crippen molar-refractivity contribution in [2.45, 2.75) is 6.18 Å². The van der Waals surface area contributed by atoms with Crippen molar-refractivity contribution in [3.8, 4) is 0 Å². The summed E-state index contributed by atoms with van der Waals surface area (Å²) in [4.78, 5) is 0. The lowest BCUT2D eigenvalue weighted by Crippen LogP contribution is -2.52. The van der Waals surface area contributed by atoms with Crippen molar-refractivity contribution in [1.29, 1.82) is 0 Å². The molecule has 0 unspecified atom stereocenters. The fourth-order valence-electron chi connectivity index (χ4n) is 1.18. The molecule has 4 nitrogen and oxygen atoms in total. The molecule has 1 aromatic rings. The van der Waals surface area contributed by atoms with E-state index in [2.05, 4.69) is 10.5 Å². The molecule has 102 valence electrons. The number of halogens is 4. The highest BCUT2D eigenvalue weighted by Gasteiger charge is 2.32. The van der Waals surface area contributed by atoms with Crippen molar-refractivity contribution in [3.05, 3.63) is 33.5 Å². The van der Waals surface area contributed by atoms with Gasteiger partial charge >= 0.3 is 6.18 Å². The van der Waals surface area contributed by atoms with E-state index in [-0.39, 0.29) is 18.0 Å². The van der Waals surface area contributed by atoms with Gasteiger partial charge in [0.25, 0.3) is 0 Å². The Morgan fingerprint density at radius 2 is 1.94 bits per heavy atom. The number of nitrogens with zero attached hydrogens (tertiary/aromatic N) is 1. The Morgan fingerprint density at radius 1 is 1.33 bits per heavy atom. The van der Waals surface area contributed by atoms with Crippen LogP contribution in [0.2, 0.25) is 5.02 Å². The summed E-state index contributed by atoms with van der Waals surface area (Å²) in [5.74, 6) is -0.322. The average Bonchev–Trinajstić information content (AvgIpc) is 2.18. The van der Waals surface area contributed by atoms with E-state index < -0.39 is 26.8 Å². The number of hydrogen-bond donors (Lipinski definition) is 1. The third-order valence-corrected chi connectivity index (χ3v) is 3.53. The van der Waals surface area contributed by atoms with Gasteiger partial charge in [0.2, 0.25) is 0 Å². The van der Waals surface area contributed by atoms with Crippen LogP contribution in [-0.4, -0.2) is 20.7 Å².